The summed E-state index contributed by atoms with van der Waals surface area (Å²) in [7, 11) is 0. The average Bonchev–Trinajstić information content (AvgIpc) is 2.02. The lowest BCUT2D eigenvalue weighted by molar-refractivity contribution is -0.143. The Kier molecular flexibility index (Phi) is 5.13. The van der Waals surface area contributed by atoms with Crippen molar-refractivity contribution in [1.29, 1.82) is 5.26 Å². The van der Waals surface area contributed by atoms with E-state index in [2.05, 4.69) is 6.07 Å². The molecule has 0 aromatic rings. The van der Waals surface area contributed by atoms with Crippen LogP contribution < -0.4 is 0 Å². The van der Waals surface area contributed by atoms with Gasteiger partial charge >= 0.3 is 5.97 Å². The van der Waals surface area contributed by atoms with Gasteiger partial charge in [0, 0.05) is 0 Å². The van der Waals surface area contributed by atoms with Crippen LogP contribution in [0.1, 0.15) is 33.6 Å². The Morgan fingerprint density at radius 1 is 1.54 bits per heavy atom. The highest BCUT2D eigenvalue weighted by Gasteiger charge is 2.26. The predicted molar refractivity (Wildman–Crippen MR) is 50.0 cm³/mol. The Balaban J connectivity index is 4.37. The molecule has 0 saturated carbocycles. The van der Waals surface area contributed by atoms with Crippen LogP contribution >= 0.6 is 0 Å². The van der Waals surface area contributed by atoms with Crippen molar-refractivity contribution in [3.8, 4) is 6.07 Å². The highest BCUT2D eigenvalue weighted by Crippen LogP contribution is 2.22. The fourth-order valence-corrected chi connectivity index (χ4v) is 1.45. The van der Waals surface area contributed by atoms with Crippen LogP contribution in [-0.4, -0.2) is 11.1 Å². The van der Waals surface area contributed by atoms with Crippen molar-refractivity contribution in [2.24, 2.45) is 17.8 Å². The van der Waals surface area contributed by atoms with Crippen molar-refractivity contribution in [2.75, 3.05) is 0 Å². The molecule has 0 aliphatic rings. The van der Waals surface area contributed by atoms with Crippen LogP contribution in [0.15, 0.2) is 0 Å². The van der Waals surface area contributed by atoms with Gasteiger partial charge in [-0.25, -0.2) is 0 Å². The molecule has 1 N–H and O–H groups in total. The molecule has 0 aliphatic heterocycles. The molecule has 0 amide bonds. The summed E-state index contributed by atoms with van der Waals surface area (Å²) in [6.45, 7) is 5.81. The monoisotopic (exact) mass is 183 g/mol. The van der Waals surface area contributed by atoms with Crippen LogP contribution in [0.3, 0.4) is 0 Å². The third-order valence-electron chi connectivity index (χ3n) is 2.13. The van der Waals surface area contributed by atoms with Crippen molar-refractivity contribution in [1.82, 2.24) is 0 Å². The first-order valence-corrected chi connectivity index (χ1v) is 4.65. The van der Waals surface area contributed by atoms with E-state index in [1.54, 1.807) is 0 Å². The van der Waals surface area contributed by atoms with E-state index < -0.39 is 11.9 Å². The highest BCUT2D eigenvalue weighted by molar-refractivity contribution is 5.70. The second-order valence-corrected chi connectivity index (χ2v) is 3.72. The van der Waals surface area contributed by atoms with E-state index in [0.717, 1.165) is 0 Å². The van der Waals surface area contributed by atoms with Crippen molar-refractivity contribution in [3.63, 3.8) is 0 Å². The molecule has 0 aliphatic carbocycles. The van der Waals surface area contributed by atoms with E-state index in [1.807, 2.05) is 20.8 Å². The van der Waals surface area contributed by atoms with Gasteiger partial charge in [-0.2, -0.15) is 5.26 Å². The van der Waals surface area contributed by atoms with Gasteiger partial charge in [-0.3, -0.25) is 4.79 Å². The van der Waals surface area contributed by atoms with E-state index in [1.165, 1.54) is 0 Å². The Morgan fingerprint density at radius 2 is 2.08 bits per heavy atom. The van der Waals surface area contributed by atoms with Gasteiger partial charge in [-0.15, -0.1) is 0 Å². The van der Waals surface area contributed by atoms with Gasteiger partial charge in [0.1, 0.15) is 0 Å². The molecule has 0 rings (SSSR count). The van der Waals surface area contributed by atoms with Gasteiger partial charge in [0.2, 0.25) is 0 Å². The first-order chi connectivity index (χ1) is 6.02. The van der Waals surface area contributed by atoms with Crippen molar-refractivity contribution >= 4 is 5.97 Å². The second kappa shape index (κ2) is 5.58. The largest absolute Gasteiger partial charge is 0.481 e. The maximum atomic E-state index is 10.8. The maximum Gasteiger partial charge on any atom is 0.307 e. The molecule has 0 aromatic heterocycles. The van der Waals surface area contributed by atoms with E-state index in [0.29, 0.717) is 18.8 Å². The molecule has 13 heavy (non-hydrogen) atoms. The van der Waals surface area contributed by atoms with E-state index >= 15 is 0 Å². The minimum Gasteiger partial charge on any atom is -0.481 e. The molecule has 0 fully saturated rings. The summed E-state index contributed by atoms with van der Waals surface area (Å²) < 4.78 is 0. The zero-order valence-electron chi connectivity index (χ0n) is 8.45. The Hall–Kier alpha value is -1.04. The summed E-state index contributed by atoms with van der Waals surface area (Å²) in [5.74, 6) is -1.33. The number of carboxylic acid groups (broad SMARTS) is 1. The van der Waals surface area contributed by atoms with Crippen LogP contribution in [0.5, 0.6) is 0 Å². The van der Waals surface area contributed by atoms with Crippen LogP contribution in [0.4, 0.5) is 0 Å². The molecule has 3 heteroatoms. The van der Waals surface area contributed by atoms with Crippen molar-refractivity contribution in [2.45, 2.75) is 33.6 Å². The minimum atomic E-state index is -0.852. The second-order valence-electron chi connectivity index (χ2n) is 3.72. The number of nitriles is 1. The number of nitrogens with zero attached hydrogens (tertiary/aromatic N) is 1. The predicted octanol–water partition coefficient (Wildman–Crippen LogP) is 2.28. The molecule has 74 valence electrons. The summed E-state index contributed by atoms with van der Waals surface area (Å²) in [4.78, 5) is 10.8. The smallest absolute Gasteiger partial charge is 0.307 e. The number of carboxylic acids is 1. The SMILES string of the molecule is CCC(C(=O)O)C(C#N)CC(C)C. The van der Waals surface area contributed by atoms with Gasteiger partial charge < -0.3 is 5.11 Å². The van der Waals surface area contributed by atoms with E-state index in [9.17, 15) is 4.79 Å². The molecular formula is C10H17NO2. The van der Waals surface area contributed by atoms with Crippen molar-refractivity contribution < 1.29 is 9.90 Å². The lowest BCUT2D eigenvalue weighted by atomic mass is 9.85. The zero-order valence-corrected chi connectivity index (χ0v) is 8.45. The Bertz CT molecular complexity index is 205. The molecular weight excluding hydrogens is 166 g/mol. The lowest BCUT2D eigenvalue weighted by Crippen LogP contribution is -2.23. The average molecular weight is 183 g/mol. The van der Waals surface area contributed by atoms with Gasteiger partial charge in [-0.1, -0.05) is 20.8 Å². The summed E-state index contributed by atoms with van der Waals surface area (Å²) in [5, 5.41) is 17.6. The summed E-state index contributed by atoms with van der Waals surface area (Å²) in [6.07, 6.45) is 1.20. The van der Waals surface area contributed by atoms with Crippen LogP contribution in [0.2, 0.25) is 0 Å². The molecule has 0 aromatic carbocycles. The molecule has 0 radical (unpaired) electrons. The standard InChI is InChI=1S/C10H17NO2/c1-4-9(10(12)13)8(6-11)5-7(2)3/h7-9H,4-5H2,1-3H3,(H,12,13). The molecule has 0 bridgehead atoms. The molecule has 3 nitrogen and oxygen atoms in total. The van der Waals surface area contributed by atoms with E-state index in [4.69, 9.17) is 10.4 Å². The molecule has 0 saturated heterocycles. The maximum absolute atomic E-state index is 10.8. The minimum absolute atomic E-state index is 0.345. The molecule has 0 heterocycles. The zero-order chi connectivity index (χ0) is 10.4. The summed E-state index contributed by atoms with van der Waals surface area (Å²) in [6, 6.07) is 2.08. The van der Waals surface area contributed by atoms with Gasteiger partial charge in [-0.05, 0) is 18.8 Å². The van der Waals surface area contributed by atoms with Crippen LogP contribution in [-0.2, 0) is 4.79 Å². The number of rotatable bonds is 5. The number of hydrogen-bond acceptors (Lipinski definition) is 2. The fraction of sp³-hybridized carbons (Fsp3) is 0.800. The van der Waals surface area contributed by atoms with Crippen LogP contribution in [0.25, 0.3) is 0 Å². The summed E-state index contributed by atoms with van der Waals surface area (Å²) >= 11 is 0. The first kappa shape index (κ1) is 12.0. The highest BCUT2D eigenvalue weighted by atomic mass is 16.4. The molecule has 0 spiro atoms. The van der Waals surface area contributed by atoms with Crippen LogP contribution in [0, 0.1) is 29.1 Å². The lowest BCUT2D eigenvalue weighted by Gasteiger charge is -2.17. The Labute approximate surface area is 79.4 Å². The third-order valence-corrected chi connectivity index (χ3v) is 2.13. The molecule has 2 unspecified atom stereocenters. The first-order valence-electron chi connectivity index (χ1n) is 4.65. The quantitative estimate of drug-likeness (QED) is 0.711. The third kappa shape index (κ3) is 3.93. The number of aliphatic carboxylic acids is 1. The van der Waals surface area contributed by atoms with Gasteiger partial charge in [0.05, 0.1) is 17.9 Å². The fourth-order valence-electron chi connectivity index (χ4n) is 1.45. The topological polar surface area (TPSA) is 61.1 Å². The van der Waals surface area contributed by atoms with Crippen molar-refractivity contribution in [3.05, 3.63) is 0 Å². The number of carbonyl (C=O) groups is 1. The Morgan fingerprint density at radius 3 is 2.31 bits per heavy atom. The molecule has 2 atom stereocenters. The summed E-state index contributed by atoms with van der Waals surface area (Å²) in [5.41, 5.74) is 0. The van der Waals surface area contributed by atoms with E-state index in [-0.39, 0.29) is 5.92 Å². The van der Waals surface area contributed by atoms with Gasteiger partial charge in [0.15, 0.2) is 0 Å². The van der Waals surface area contributed by atoms with Gasteiger partial charge in [0.25, 0.3) is 0 Å². The number of hydrogen-bond donors (Lipinski definition) is 1. The normalized spacial score (nSPS) is 15.0.